The number of methoxy groups -OCH3 is 1. The van der Waals surface area contributed by atoms with E-state index in [1.807, 2.05) is 18.2 Å². The highest BCUT2D eigenvalue weighted by molar-refractivity contribution is 8.76. The van der Waals surface area contributed by atoms with Gasteiger partial charge >= 0.3 is 6.09 Å². The Kier molecular flexibility index (Phi) is 4.78. The van der Waals surface area contributed by atoms with Crippen molar-refractivity contribution in [1.82, 2.24) is 9.97 Å². The fourth-order valence-corrected chi connectivity index (χ4v) is 3.88. The molecule has 0 aliphatic carbocycles. The van der Waals surface area contributed by atoms with Crippen LogP contribution in [0, 0.1) is 6.92 Å². The number of aromatic nitrogens is 2. The Bertz CT molecular complexity index is 831. The minimum Gasteiger partial charge on any atom is -0.453 e. The van der Waals surface area contributed by atoms with E-state index in [9.17, 15) is 4.79 Å². The third-order valence-corrected chi connectivity index (χ3v) is 5.51. The summed E-state index contributed by atoms with van der Waals surface area (Å²) in [6.07, 6.45) is -0.548. The average Bonchev–Trinajstić information content (AvgIpc) is 2.95. The maximum absolute atomic E-state index is 11.2. The molecule has 1 amide bonds. The monoisotopic (exact) mass is 345 g/mol. The molecule has 1 heterocycles. The number of aryl methyl sites for hydroxylation is 1. The molecule has 0 aliphatic rings. The van der Waals surface area contributed by atoms with Crippen molar-refractivity contribution >= 4 is 44.7 Å². The number of fused-ring (bicyclic) bond motifs is 1. The fourth-order valence-electron chi connectivity index (χ4n) is 1.93. The highest BCUT2D eigenvalue weighted by atomic mass is 33.1. The van der Waals surface area contributed by atoms with E-state index in [0.29, 0.717) is 5.95 Å². The molecule has 23 heavy (non-hydrogen) atoms. The molecular weight excluding hydrogens is 330 g/mol. The number of nitrogens with zero attached hydrogens (tertiary/aromatic N) is 1. The Labute approximate surface area is 141 Å². The predicted octanol–water partition coefficient (Wildman–Crippen LogP) is 4.85. The average molecular weight is 345 g/mol. The molecule has 0 atom stereocenters. The molecule has 0 aliphatic heterocycles. The first kappa shape index (κ1) is 15.8. The largest absolute Gasteiger partial charge is 0.453 e. The van der Waals surface area contributed by atoms with Crippen molar-refractivity contribution in [2.45, 2.75) is 16.7 Å². The van der Waals surface area contributed by atoms with Crippen molar-refractivity contribution in [3.63, 3.8) is 0 Å². The second-order valence-corrected chi connectivity index (χ2v) is 7.14. The number of nitrogens with one attached hydrogen (secondary N) is 2. The molecule has 118 valence electrons. The van der Waals surface area contributed by atoms with Gasteiger partial charge in [-0.15, -0.1) is 0 Å². The quantitative estimate of drug-likeness (QED) is 0.662. The Morgan fingerprint density at radius 1 is 1.13 bits per heavy atom. The lowest BCUT2D eigenvalue weighted by atomic mass is 10.2. The molecule has 1 aromatic heterocycles. The summed E-state index contributed by atoms with van der Waals surface area (Å²) in [5, 5.41) is 2.52. The van der Waals surface area contributed by atoms with Gasteiger partial charge in [-0.3, -0.25) is 5.32 Å². The van der Waals surface area contributed by atoms with Crippen LogP contribution in [-0.4, -0.2) is 23.2 Å². The van der Waals surface area contributed by atoms with E-state index in [2.05, 4.69) is 51.2 Å². The topological polar surface area (TPSA) is 67.0 Å². The lowest BCUT2D eigenvalue weighted by Gasteiger charge is -2.01. The first-order valence-electron chi connectivity index (χ1n) is 6.90. The van der Waals surface area contributed by atoms with Crippen molar-refractivity contribution in [1.29, 1.82) is 0 Å². The van der Waals surface area contributed by atoms with Gasteiger partial charge in [0.05, 0.1) is 18.1 Å². The normalized spacial score (nSPS) is 10.7. The number of H-pyrrole nitrogens is 1. The lowest BCUT2D eigenvalue weighted by Crippen LogP contribution is -2.11. The number of carbonyl (C=O) groups excluding carboxylic acids is 1. The first-order chi connectivity index (χ1) is 11.1. The van der Waals surface area contributed by atoms with Crippen LogP contribution in [0.2, 0.25) is 0 Å². The summed E-state index contributed by atoms with van der Waals surface area (Å²) in [6, 6.07) is 14.4. The summed E-state index contributed by atoms with van der Waals surface area (Å²) < 4.78 is 4.55. The second kappa shape index (κ2) is 6.97. The van der Waals surface area contributed by atoms with E-state index < -0.39 is 6.09 Å². The number of hydrogen-bond acceptors (Lipinski definition) is 5. The van der Waals surface area contributed by atoms with Gasteiger partial charge < -0.3 is 9.72 Å². The Balaban J connectivity index is 1.71. The molecule has 0 saturated heterocycles. The van der Waals surface area contributed by atoms with Crippen LogP contribution in [0.1, 0.15) is 5.56 Å². The molecule has 3 rings (SSSR count). The summed E-state index contributed by atoms with van der Waals surface area (Å²) in [5.74, 6) is 0.375. The number of benzene rings is 2. The number of rotatable bonds is 4. The summed E-state index contributed by atoms with van der Waals surface area (Å²) in [5.41, 5.74) is 2.91. The summed E-state index contributed by atoms with van der Waals surface area (Å²) in [6.45, 7) is 2.08. The zero-order valence-corrected chi connectivity index (χ0v) is 14.3. The van der Waals surface area contributed by atoms with E-state index in [-0.39, 0.29) is 0 Å². The predicted molar refractivity (Wildman–Crippen MR) is 95.0 cm³/mol. The number of amides is 1. The van der Waals surface area contributed by atoms with E-state index in [1.165, 1.54) is 17.6 Å². The van der Waals surface area contributed by atoms with Crippen LogP contribution in [0.15, 0.2) is 52.3 Å². The SMILES string of the molecule is COC(=O)Nc1nc2cc(SSc3ccc(C)cc3)ccc2[nH]1. The van der Waals surface area contributed by atoms with Crippen LogP contribution < -0.4 is 5.32 Å². The maximum atomic E-state index is 11.2. The van der Waals surface area contributed by atoms with Crippen LogP contribution in [-0.2, 0) is 4.74 Å². The second-order valence-electron chi connectivity index (χ2n) is 4.86. The zero-order chi connectivity index (χ0) is 16.2. The number of anilines is 1. The number of ether oxygens (including phenoxy) is 1. The van der Waals surface area contributed by atoms with Gasteiger partial charge in [-0.25, -0.2) is 9.78 Å². The number of carbonyl (C=O) groups is 1. The molecule has 5 nitrogen and oxygen atoms in total. The smallest absolute Gasteiger partial charge is 0.413 e. The summed E-state index contributed by atoms with van der Waals surface area (Å²) in [7, 11) is 4.69. The van der Waals surface area contributed by atoms with Gasteiger partial charge in [0, 0.05) is 9.79 Å². The van der Waals surface area contributed by atoms with Gasteiger partial charge in [-0.2, -0.15) is 0 Å². The van der Waals surface area contributed by atoms with Crippen molar-refractivity contribution in [2.24, 2.45) is 0 Å². The van der Waals surface area contributed by atoms with Crippen molar-refractivity contribution in [3.8, 4) is 0 Å². The van der Waals surface area contributed by atoms with E-state index in [0.717, 1.165) is 15.9 Å². The zero-order valence-electron chi connectivity index (χ0n) is 12.6. The fraction of sp³-hybridized carbons (Fsp3) is 0.125. The Morgan fingerprint density at radius 2 is 1.83 bits per heavy atom. The van der Waals surface area contributed by atoms with Gasteiger partial charge in [-0.1, -0.05) is 39.3 Å². The van der Waals surface area contributed by atoms with Gasteiger partial charge in [0.1, 0.15) is 0 Å². The van der Waals surface area contributed by atoms with Crippen LogP contribution in [0.25, 0.3) is 11.0 Å². The minimum absolute atomic E-state index is 0.375. The highest BCUT2D eigenvalue weighted by Gasteiger charge is 2.07. The van der Waals surface area contributed by atoms with Crippen molar-refractivity contribution in [2.75, 3.05) is 12.4 Å². The van der Waals surface area contributed by atoms with Crippen LogP contribution >= 0.6 is 21.6 Å². The summed E-state index contributed by atoms with van der Waals surface area (Å²) in [4.78, 5) is 20.9. The van der Waals surface area contributed by atoms with Gasteiger partial charge in [0.15, 0.2) is 0 Å². The Hall–Kier alpha value is -2.12. The van der Waals surface area contributed by atoms with Crippen molar-refractivity contribution in [3.05, 3.63) is 48.0 Å². The van der Waals surface area contributed by atoms with E-state index in [4.69, 9.17) is 0 Å². The first-order valence-corrected chi connectivity index (χ1v) is 9.05. The number of aromatic amines is 1. The standard InChI is InChI=1S/C16H15N3O2S2/c1-10-3-5-11(6-4-10)22-23-12-7-8-13-14(9-12)18-15(17-13)19-16(20)21-2/h3-9H,1-2H3,(H2,17,18,19,20). The lowest BCUT2D eigenvalue weighted by molar-refractivity contribution is 0.186. The van der Waals surface area contributed by atoms with Crippen LogP contribution in [0.5, 0.6) is 0 Å². The van der Waals surface area contributed by atoms with Crippen LogP contribution in [0.3, 0.4) is 0 Å². The molecule has 0 fully saturated rings. The molecule has 0 bridgehead atoms. The van der Waals surface area contributed by atoms with Crippen LogP contribution in [0.4, 0.5) is 10.7 Å². The minimum atomic E-state index is -0.548. The van der Waals surface area contributed by atoms with Gasteiger partial charge in [0.25, 0.3) is 0 Å². The van der Waals surface area contributed by atoms with E-state index in [1.54, 1.807) is 21.6 Å². The molecular formula is C16H15N3O2S2. The molecule has 7 heteroatoms. The third kappa shape index (κ3) is 4.00. The molecule has 3 aromatic rings. The number of hydrogen-bond donors (Lipinski definition) is 2. The number of imidazole rings is 1. The summed E-state index contributed by atoms with van der Waals surface area (Å²) >= 11 is 0. The third-order valence-electron chi connectivity index (χ3n) is 3.12. The molecule has 0 saturated carbocycles. The van der Waals surface area contributed by atoms with E-state index >= 15 is 0 Å². The molecule has 0 radical (unpaired) electrons. The highest BCUT2D eigenvalue weighted by Crippen LogP contribution is 2.38. The van der Waals surface area contributed by atoms with Gasteiger partial charge in [0.2, 0.25) is 5.95 Å². The molecule has 2 aromatic carbocycles. The maximum Gasteiger partial charge on any atom is 0.413 e. The molecule has 0 unspecified atom stereocenters. The molecule has 2 N–H and O–H groups in total. The molecule has 0 spiro atoms. The van der Waals surface area contributed by atoms with Crippen molar-refractivity contribution < 1.29 is 9.53 Å². The van der Waals surface area contributed by atoms with Gasteiger partial charge in [-0.05, 0) is 37.3 Å². The Morgan fingerprint density at radius 3 is 2.57 bits per heavy atom.